The highest BCUT2D eigenvalue weighted by Crippen LogP contribution is 1.92. The summed E-state index contributed by atoms with van der Waals surface area (Å²) in [6.45, 7) is 1.49. The van der Waals surface area contributed by atoms with Crippen molar-refractivity contribution in [1.82, 2.24) is 0 Å². The van der Waals surface area contributed by atoms with Gasteiger partial charge in [0.15, 0.2) is 0 Å². The van der Waals surface area contributed by atoms with Crippen LogP contribution in [0.15, 0.2) is 0 Å². The predicted octanol–water partition coefficient (Wildman–Crippen LogP) is -0.0331. The molecule has 2 atom stereocenters. The monoisotopic (exact) mass is 124 g/mol. The van der Waals surface area contributed by atoms with Gasteiger partial charge in [-0.25, -0.2) is 0 Å². The van der Waals surface area contributed by atoms with E-state index in [1.165, 1.54) is 6.92 Å². The van der Waals surface area contributed by atoms with Crippen molar-refractivity contribution in [3.05, 3.63) is 0 Å². The molecular formula is C4H9ClO2. The minimum atomic E-state index is -0.776. The number of rotatable bonds is 2. The van der Waals surface area contributed by atoms with Crippen LogP contribution in [0.25, 0.3) is 0 Å². The van der Waals surface area contributed by atoms with E-state index >= 15 is 0 Å². The molecule has 0 saturated carbocycles. The minimum Gasteiger partial charge on any atom is -0.391 e. The van der Waals surface area contributed by atoms with E-state index in [-0.39, 0.29) is 5.88 Å². The maximum absolute atomic E-state index is 8.55. The number of aliphatic hydroxyl groups excluding tert-OH is 2. The summed E-state index contributed by atoms with van der Waals surface area (Å²) >= 11 is 5.14. The lowest BCUT2D eigenvalue weighted by Gasteiger charge is -2.07. The molecule has 0 amide bonds. The largest absolute Gasteiger partial charge is 0.391 e. The Bertz CT molecular complexity index is 47.0. The Morgan fingerprint density at radius 1 is 1.57 bits per heavy atom. The average Bonchev–Trinajstić information content (AvgIpc) is 1.65. The minimum absolute atomic E-state index is 0.0949. The molecule has 0 aliphatic rings. The van der Waals surface area contributed by atoms with E-state index in [4.69, 9.17) is 21.8 Å². The summed E-state index contributed by atoms with van der Waals surface area (Å²) in [4.78, 5) is 0. The maximum Gasteiger partial charge on any atom is 0.0931 e. The summed E-state index contributed by atoms with van der Waals surface area (Å²) in [7, 11) is 0. The number of hydrogen-bond acceptors (Lipinski definition) is 2. The second-order valence-corrected chi connectivity index (χ2v) is 1.77. The van der Waals surface area contributed by atoms with Gasteiger partial charge in [0.2, 0.25) is 0 Å². The lowest BCUT2D eigenvalue weighted by Crippen LogP contribution is -2.23. The van der Waals surface area contributed by atoms with Crippen LogP contribution in [-0.4, -0.2) is 28.3 Å². The molecule has 3 heteroatoms. The third kappa shape index (κ3) is 2.85. The summed E-state index contributed by atoms with van der Waals surface area (Å²) in [5.41, 5.74) is 0. The van der Waals surface area contributed by atoms with Crippen LogP contribution in [0.3, 0.4) is 0 Å². The first-order chi connectivity index (χ1) is 3.18. The van der Waals surface area contributed by atoms with Crippen molar-refractivity contribution >= 4 is 11.6 Å². The Morgan fingerprint density at radius 2 is 2.00 bits per heavy atom. The molecule has 0 aliphatic carbocycles. The molecule has 2 N–H and O–H groups in total. The first-order valence-corrected chi connectivity index (χ1v) is 2.64. The zero-order valence-corrected chi connectivity index (χ0v) is 4.89. The van der Waals surface area contributed by atoms with E-state index in [2.05, 4.69) is 0 Å². The molecule has 0 unspecified atom stereocenters. The molecule has 0 aromatic rings. The molecular weight excluding hydrogens is 115 g/mol. The first kappa shape index (κ1) is 7.21. The van der Waals surface area contributed by atoms with Crippen molar-refractivity contribution in [2.24, 2.45) is 0 Å². The summed E-state index contributed by atoms with van der Waals surface area (Å²) in [5, 5.41) is 17.0. The fourth-order valence-corrected chi connectivity index (χ4v) is 0.387. The first-order valence-electron chi connectivity index (χ1n) is 2.10. The summed E-state index contributed by atoms with van der Waals surface area (Å²) in [5.74, 6) is 0.0949. The van der Waals surface area contributed by atoms with Gasteiger partial charge in [-0.05, 0) is 6.92 Å². The van der Waals surface area contributed by atoms with Gasteiger partial charge < -0.3 is 10.2 Å². The van der Waals surface area contributed by atoms with Gasteiger partial charge in [-0.2, -0.15) is 0 Å². The van der Waals surface area contributed by atoms with Gasteiger partial charge >= 0.3 is 0 Å². The third-order valence-electron chi connectivity index (χ3n) is 0.715. The van der Waals surface area contributed by atoms with Crippen molar-refractivity contribution in [2.75, 3.05) is 5.88 Å². The summed E-state index contributed by atoms with van der Waals surface area (Å²) in [6.07, 6.45) is -1.49. The molecule has 0 aliphatic heterocycles. The van der Waals surface area contributed by atoms with Gasteiger partial charge in [-0.15, -0.1) is 11.6 Å². The Balaban J connectivity index is 3.14. The summed E-state index contributed by atoms with van der Waals surface area (Å²) < 4.78 is 0. The molecule has 0 radical (unpaired) electrons. The highest BCUT2D eigenvalue weighted by Gasteiger charge is 2.06. The quantitative estimate of drug-likeness (QED) is 0.508. The molecule has 0 fully saturated rings. The van der Waals surface area contributed by atoms with Crippen LogP contribution in [0.1, 0.15) is 6.92 Å². The number of aliphatic hydroxyl groups is 2. The van der Waals surface area contributed by atoms with E-state index in [1.807, 2.05) is 0 Å². The molecule has 44 valence electrons. The van der Waals surface area contributed by atoms with E-state index in [9.17, 15) is 0 Å². The Hall–Kier alpha value is 0.210. The van der Waals surface area contributed by atoms with Crippen molar-refractivity contribution in [2.45, 2.75) is 19.1 Å². The van der Waals surface area contributed by atoms with Gasteiger partial charge in [0, 0.05) is 0 Å². The number of alkyl halides is 1. The Labute approximate surface area is 47.7 Å². The van der Waals surface area contributed by atoms with E-state index in [0.29, 0.717) is 0 Å². The van der Waals surface area contributed by atoms with Crippen LogP contribution in [0, 0.1) is 0 Å². The van der Waals surface area contributed by atoms with Gasteiger partial charge in [-0.3, -0.25) is 0 Å². The average molecular weight is 125 g/mol. The van der Waals surface area contributed by atoms with Crippen LogP contribution in [0.4, 0.5) is 0 Å². The number of halogens is 1. The van der Waals surface area contributed by atoms with Gasteiger partial charge in [-0.1, -0.05) is 0 Å². The van der Waals surface area contributed by atoms with Crippen LogP contribution >= 0.6 is 11.6 Å². The van der Waals surface area contributed by atoms with Crippen molar-refractivity contribution < 1.29 is 10.2 Å². The second-order valence-electron chi connectivity index (χ2n) is 1.46. The molecule has 0 spiro atoms. The standard InChI is InChI=1S/C4H9ClO2/c1-3(6)4(7)2-5/h3-4,6-7H,2H2,1H3/t3-,4+/m1/s1. The van der Waals surface area contributed by atoms with Gasteiger partial charge in [0.25, 0.3) is 0 Å². The second kappa shape index (κ2) is 3.24. The molecule has 2 nitrogen and oxygen atoms in total. The summed E-state index contributed by atoms with van der Waals surface area (Å²) in [6, 6.07) is 0. The van der Waals surface area contributed by atoms with E-state index < -0.39 is 12.2 Å². The fraction of sp³-hybridized carbons (Fsp3) is 1.00. The van der Waals surface area contributed by atoms with Gasteiger partial charge in [0.1, 0.15) is 0 Å². The van der Waals surface area contributed by atoms with Crippen molar-refractivity contribution in [1.29, 1.82) is 0 Å². The molecule has 0 aromatic carbocycles. The van der Waals surface area contributed by atoms with Crippen LogP contribution in [-0.2, 0) is 0 Å². The zero-order chi connectivity index (χ0) is 5.86. The highest BCUT2D eigenvalue weighted by molar-refractivity contribution is 6.18. The van der Waals surface area contributed by atoms with Crippen LogP contribution in [0.5, 0.6) is 0 Å². The molecule has 0 heterocycles. The molecule has 0 bridgehead atoms. The SMILES string of the molecule is C[C@@H](O)[C@@H](O)CCl. The highest BCUT2D eigenvalue weighted by atomic mass is 35.5. The topological polar surface area (TPSA) is 40.5 Å². The predicted molar refractivity (Wildman–Crippen MR) is 28.4 cm³/mol. The lowest BCUT2D eigenvalue weighted by atomic mass is 10.3. The van der Waals surface area contributed by atoms with Crippen molar-refractivity contribution in [3.8, 4) is 0 Å². The van der Waals surface area contributed by atoms with Crippen LogP contribution in [0.2, 0.25) is 0 Å². The smallest absolute Gasteiger partial charge is 0.0931 e. The lowest BCUT2D eigenvalue weighted by molar-refractivity contribution is 0.0460. The van der Waals surface area contributed by atoms with Crippen LogP contribution < -0.4 is 0 Å². The molecule has 7 heavy (non-hydrogen) atoms. The molecule has 0 aromatic heterocycles. The molecule has 0 saturated heterocycles. The Morgan fingerprint density at radius 3 is 2.00 bits per heavy atom. The van der Waals surface area contributed by atoms with Crippen molar-refractivity contribution in [3.63, 3.8) is 0 Å². The third-order valence-corrected chi connectivity index (χ3v) is 1.03. The molecule has 0 rings (SSSR count). The van der Waals surface area contributed by atoms with E-state index in [0.717, 1.165) is 0 Å². The van der Waals surface area contributed by atoms with E-state index in [1.54, 1.807) is 0 Å². The Kier molecular flexibility index (Phi) is 3.34. The maximum atomic E-state index is 8.55. The fourth-order valence-electron chi connectivity index (χ4n) is 0.129. The van der Waals surface area contributed by atoms with Gasteiger partial charge in [0.05, 0.1) is 18.1 Å². The zero-order valence-electron chi connectivity index (χ0n) is 4.13. The number of hydrogen-bond donors (Lipinski definition) is 2. The normalized spacial score (nSPS) is 18.9.